The lowest BCUT2D eigenvalue weighted by atomic mass is 10.0. The number of ether oxygens (including phenoxy) is 1. The standard InChI is InChI=1S/C25H23N5OS/c1-31-20-10-6-9-19(16-20)29-15-7-12-22(29)24-23(21-11-3-5-14-27-21)28-25(32)30(24)17-18-8-2-4-13-26-18/h2-16,23-24H,17H2,1H3,(H,28,32)/t23-,24-/m0/s1. The first-order valence-electron chi connectivity index (χ1n) is 10.4. The second-order valence-electron chi connectivity index (χ2n) is 7.58. The monoisotopic (exact) mass is 441 g/mol. The number of thiocarbonyl (C=S) groups is 1. The van der Waals surface area contributed by atoms with Crippen molar-refractivity contribution in [3.05, 3.63) is 108 Å². The van der Waals surface area contributed by atoms with Crippen LogP contribution < -0.4 is 10.1 Å². The van der Waals surface area contributed by atoms with Gasteiger partial charge in [0.2, 0.25) is 0 Å². The van der Waals surface area contributed by atoms with Crippen LogP contribution in [-0.2, 0) is 6.54 Å². The van der Waals surface area contributed by atoms with E-state index in [2.05, 4.69) is 49.1 Å². The van der Waals surface area contributed by atoms with E-state index in [1.807, 2.05) is 67.0 Å². The Labute approximate surface area is 192 Å². The van der Waals surface area contributed by atoms with Crippen molar-refractivity contribution in [2.45, 2.75) is 18.6 Å². The van der Waals surface area contributed by atoms with E-state index in [1.165, 1.54) is 0 Å². The van der Waals surface area contributed by atoms with Gasteiger partial charge in [0.1, 0.15) is 5.75 Å². The molecular formula is C25H23N5OS. The van der Waals surface area contributed by atoms with Crippen LogP contribution >= 0.6 is 12.2 Å². The summed E-state index contributed by atoms with van der Waals surface area (Å²) in [6.45, 7) is 0.601. The van der Waals surface area contributed by atoms with Gasteiger partial charge in [0, 0.05) is 36.0 Å². The number of hydrogen-bond acceptors (Lipinski definition) is 4. The summed E-state index contributed by atoms with van der Waals surface area (Å²) in [7, 11) is 1.68. The highest BCUT2D eigenvalue weighted by Gasteiger charge is 2.41. The highest BCUT2D eigenvalue weighted by Crippen LogP contribution is 2.40. The smallest absolute Gasteiger partial charge is 0.170 e. The summed E-state index contributed by atoms with van der Waals surface area (Å²) >= 11 is 5.80. The van der Waals surface area contributed by atoms with Crippen molar-refractivity contribution in [2.24, 2.45) is 0 Å². The van der Waals surface area contributed by atoms with Gasteiger partial charge in [-0.2, -0.15) is 0 Å². The van der Waals surface area contributed by atoms with Gasteiger partial charge in [-0.15, -0.1) is 0 Å². The molecule has 1 N–H and O–H groups in total. The fourth-order valence-corrected chi connectivity index (χ4v) is 4.50. The van der Waals surface area contributed by atoms with Gasteiger partial charge in [-0.1, -0.05) is 18.2 Å². The predicted molar refractivity (Wildman–Crippen MR) is 128 cm³/mol. The van der Waals surface area contributed by atoms with Gasteiger partial charge >= 0.3 is 0 Å². The molecule has 0 unspecified atom stereocenters. The summed E-state index contributed by atoms with van der Waals surface area (Å²) in [4.78, 5) is 11.4. The van der Waals surface area contributed by atoms with E-state index in [9.17, 15) is 0 Å². The molecule has 4 aromatic rings. The van der Waals surface area contributed by atoms with E-state index in [1.54, 1.807) is 7.11 Å². The molecule has 1 aliphatic rings. The van der Waals surface area contributed by atoms with Crippen molar-refractivity contribution in [2.75, 3.05) is 7.11 Å². The minimum Gasteiger partial charge on any atom is -0.497 e. The molecule has 1 aliphatic heterocycles. The Hall–Kier alpha value is -3.71. The maximum absolute atomic E-state index is 5.80. The molecule has 4 heterocycles. The molecule has 6 nitrogen and oxygen atoms in total. The lowest BCUT2D eigenvalue weighted by Crippen LogP contribution is -2.30. The summed E-state index contributed by atoms with van der Waals surface area (Å²) in [6, 6.07) is 24.0. The van der Waals surface area contributed by atoms with Crippen LogP contribution in [0.4, 0.5) is 0 Å². The van der Waals surface area contributed by atoms with Gasteiger partial charge in [-0.3, -0.25) is 9.97 Å². The number of nitrogens with zero attached hydrogens (tertiary/aromatic N) is 4. The number of rotatable bonds is 6. The molecular weight excluding hydrogens is 418 g/mol. The zero-order chi connectivity index (χ0) is 21.9. The Morgan fingerprint density at radius 2 is 1.81 bits per heavy atom. The minimum absolute atomic E-state index is 0.0689. The SMILES string of the molecule is COc1cccc(-n2cccc2[C@H]2[C@H](c3ccccn3)NC(=S)N2Cc2ccccn2)c1. The second-order valence-corrected chi connectivity index (χ2v) is 7.97. The molecule has 1 fully saturated rings. The van der Waals surface area contributed by atoms with Crippen LogP contribution in [0.5, 0.6) is 5.75 Å². The second kappa shape index (κ2) is 8.80. The summed E-state index contributed by atoms with van der Waals surface area (Å²) in [5.74, 6) is 0.814. The van der Waals surface area contributed by atoms with Gasteiger partial charge in [0.25, 0.3) is 0 Å². The quantitative estimate of drug-likeness (QED) is 0.446. The highest BCUT2D eigenvalue weighted by atomic mass is 32.1. The van der Waals surface area contributed by atoms with Crippen molar-refractivity contribution in [3.8, 4) is 11.4 Å². The Kier molecular flexibility index (Phi) is 5.56. The van der Waals surface area contributed by atoms with E-state index < -0.39 is 0 Å². The molecule has 32 heavy (non-hydrogen) atoms. The molecule has 0 saturated carbocycles. The van der Waals surface area contributed by atoms with Gasteiger partial charge in [-0.05, 0) is 60.7 Å². The first kappa shape index (κ1) is 20.2. The number of methoxy groups -OCH3 is 1. The Bertz CT molecular complexity index is 1210. The molecule has 0 amide bonds. The van der Waals surface area contributed by atoms with Gasteiger partial charge in [0.05, 0.1) is 37.1 Å². The Morgan fingerprint density at radius 3 is 2.56 bits per heavy atom. The zero-order valence-electron chi connectivity index (χ0n) is 17.6. The van der Waals surface area contributed by atoms with Crippen LogP contribution in [0.3, 0.4) is 0 Å². The fraction of sp³-hybridized carbons (Fsp3) is 0.160. The molecule has 7 heteroatoms. The normalized spacial score (nSPS) is 17.9. The van der Waals surface area contributed by atoms with Crippen LogP contribution in [0.1, 0.15) is 29.2 Å². The number of benzene rings is 1. The average molecular weight is 442 g/mol. The molecule has 160 valence electrons. The first-order chi connectivity index (χ1) is 15.7. The van der Waals surface area contributed by atoms with Gasteiger partial charge in [0.15, 0.2) is 5.11 Å². The van der Waals surface area contributed by atoms with Crippen LogP contribution in [0, 0.1) is 0 Å². The Morgan fingerprint density at radius 1 is 0.969 bits per heavy atom. The van der Waals surface area contributed by atoms with Gasteiger partial charge < -0.3 is 19.5 Å². The molecule has 0 aliphatic carbocycles. The third-order valence-corrected chi connectivity index (χ3v) is 6.02. The van der Waals surface area contributed by atoms with E-state index in [0.29, 0.717) is 11.7 Å². The van der Waals surface area contributed by atoms with Gasteiger partial charge in [-0.25, -0.2) is 0 Å². The zero-order valence-corrected chi connectivity index (χ0v) is 18.4. The predicted octanol–water partition coefficient (Wildman–Crippen LogP) is 4.45. The van der Waals surface area contributed by atoms with Crippen LogP contribution in [0.15, 0.2) is 91.4 Å². The average Bonchev–Trinajstić information content (AvgIpc) is 3.45. The topological polar surface area (TPSA) is 55.2 Å². The van der Waals surface area contributed by atoms with E-state index >= 15 is 0 Å². The maximum Gasteiger partial charge on any atom is 0.170 e. The number of aromatic nitrogens is 3. The third-order valence-electron chi connectivity index (χ3n) is 5.67. The summed E-state index contributed by atoms with van der Waals surface area (Å²) in [6.07, 6.45) is 5.70. The van der Waals surface area contributed by atoms with Crippen LogP contribution in [-0.4, -0.2) is 31.7 Å². The van der Waals surface area contributed by atoms with Crippen LogP contribution in [0.25, 0.3) is 5.69 Å². The molecule has 0 radical (unpaired) electrons. The van der Waals surface area contributed by atoms with E-state index in [-0.39, 0.29) is 12.1 Å². The number of pyridine rings is 2. The maximum atomic E-state index is 5.80. The van der Waals surface area contributed by atoms with Crippen LogP contribution in [0.2, 0.25) is 0 Å². The first-order valence-corrected chi connectivity index (χ1v) is 10.8. The van der Waals surface area contributed by atoms with Crippen molar-refractivity contribution < 1.29 is 4.74 Å². The van der Waals surface area contributed by atoms with Crippen molar-refractivity contribution in [1.29, 1.82) is 0 Å². The minimum atomic E-state index is -0.0910. The number of hydrogen-bond donors (Lipinski definition) is 1. The third kappa shape index (κ3) is 3.83. The lowest BCUT2D eigenvalue weighted by Gasteiger charge is -2.28. The Balaban J connectivity index is 1.60. The highest BCUT2D eigenvalue weighted by molar-refractivity contribution is 7.80. The molecule has 5 rings (SSSR count). The van der Waals surface area contributed by atoms with Crippen molar-refractivity contribution in [1.82, 2.24) is 24.8 Å². The lowest BCUT2D eigenvalue weighted by molar-refractivity contribution is 0.299. The summed E-state index contributed by atoms with van der Waals surface area (Å²) in [5, 5.41) is 4.20. The molecule has 3 aromatic heterocycles. The molecule has 0 spiro atoms. The molecule has 0 bridgehead atoms. The van der Waals surface area contributed by atoms with Crippen molar-refractivity contribution >= 4 is 17.3 Å². The molecule has 1 saturated heterocycles. The molecule has 1 aromatic carbocycles. The van der Waals surface area contributed by atoms with E-state index in [0.717, 1.165) is 28.5 Å². The summed E-state index contributed by atoms with van der Waals surface area (Å²) in [5.41, 5.74) is 4.04. The summed E-state index contributed by atoms with van der Waals surface area (Å²) < 4.78 is 7.64. The van der Waals surface area contributed by atoms with E-state index in [4.69, 9.17) is 17.0 Å². The molecule has 2 atom stereocenters. The van der Waals surface area contributed by atoms with Crippen molar-refractivity contribution in [3.63, 3.8) is 0 Å². The number of nitrogens with one attached hydrogen (secondary N) is 1. The fourth-order valence-electron chi connectivity index (χ4n) is 4.19. The largest absolute Gasteiger partial charge is 0.497 e.